The molecule has 3 aromatic rings. The maximum absolute atomic E-state index is 12.7. The average molecular weight is 356 g/mol. The van der Waals surface area contributed by atoms with Crippen LogP contribution in [0.3, 0.4) is 0 Å². The highest BCUT2D eigenvalue weighted by molar-refractivity contribution is 5.87. The number of H-pyrrole nitrogens is 1. The molecule has 136 valence electrons. The molecule has 1 fully saturated rings. The van der Waals surface area contributed by atoms with Crippen molar-refractivity contribution in [1.29, 1.82) is 0 Å². The summed E-state index contributed by atoms with van der Waals surface area (Å²) in [5.74, 6) is -0.203. The van der Waals surface area contributed by atoms with E-state index in [2.05, 4.69) is 27.1 Å². The molecule has 2 N–H and O–H groups in total. The Bertz CT molecular complexity index is 1040. The summed E-state index contributed by atoms with van der Waals surface area (Å²) >= 11 is 0. The van der Waals surface area contributed by atoms with Crippen LogP contribution in [0.2, 0.25) is 0 Å². The maximum atomic E-state index is 12.7. The van der Waals surface area contributed by atoms with Gasteiger partial charge in [-0.05, 0) is 38.5 Å². The second kappa shape index (κ2) is 6.08. The van der Waals surface area contributed by atoms with Crippen molar-refractivity contribution in [1.82, 2.24) is 29.5 Å². The smallest absolute Gasteiger partial charge is 0.338 e. The van der Waals surface area contributed by atoms with Gasteiger partial charge in [0.1, 0.15) is 5.52 Å². The molecule has 1 saturated carbocycles. The average Bonchev–Trinajstić information content (AvgIpc) is 3.22. The number of hydrogen-bond donors (Lipinski definition) is 2. The Morgan fingerprint density at radius 3 is 2.69 bits per heavy atom. The van der Waals surface area contributed by atoms with Crippen molar-refractivity contribution in [3.8, 4) is 5.95 Å². The Hall–Kier alpha value is -2.97. The van der Waals surface area contributed by atoms with Crippen LogP contribution in [0.15, 0.2) is 17.2 Å². The molecular formula is C17H20N6O3. The third kappa shape index (κ3) is 2.69. The number of aromatic carboxylic acids is 1. The first kappa shape index (κ1) is 16.5. The number of carbonyl (C=O) groups is 1. The zero-order valence-electron chi connectivity index (χ0n) is 14.6. The van der Waals surface area contributed by atoms with Gasteiger partial charge in [0.15, 0.2) is 5.52 Å². The van der Waals surface area contributed by atoms with E-state index in [1.165, 1.54) is 17.1 Å². The zero-order valence-corrected chi connectivity index (χ0v) is 14.6. The van der Waals surface area contributed by atoms with Crippen molar-refractivity contribution >= 4 is 17.0 Å². The van der Waals surface area contributed by atoms with Gasteiger partial charge in [0, 0.05) is 6.20 Å². The standard InChI is InChI=1S/C17H20N6O3/c1-9-3-5-12(6-4-9)23-14-13(10(2)21-23)19-17(20-15(14)24)22-8-11(7-18-22)16(25)26/h7-9,12H,3-6H2,1-2H3,(H,25,26)(H,19,20,24). The predicted molar refractivity (Wildman–Crippen MR) is 93.6 cm³/mol. The van der Waals surface area contributed by atoms with Gasteiger partial charge in [0.05, 0.1) is 23.5 Å². The topological polar surface area (TPSA) is 119 Å². The van der Waals surface area contributed by atoms with E-state index < -0.39 is 5.97 Å². The molecule has 1 aliphatic rings. The van der Waals surface area contributed by atoms with E-state index in [0.29, 0.717) is 22.6 Å². The number of aromatic nitrogens is 6. The summed E-state index contributed by atoms with van der Waals surface area (Å²) in [5.41, 5.74) is 1.40. The minimum atomic E-state index is -1.09. The van der Waals surface area contributed by atoms with E-state index in [1.54, 1.807) is 0 Å². The molecule has 9 nitrogen and oxygen atoms in total. The first-order valence-electron chi connectivity index (χ1n) is 8.71. The molecule has 0 atom stereocenters. The second-order valence-electron chi connectivity index (χ2n) is 7.01. The van der Waals surface area contributed by atoms with E-state index in [0.717, 1.165) is 25.7 Å². The van der Waals surface area contributed by atoms with Gasteiger partial charge in [-0.1, -0.05) is 6.92 Å². The molecule has 0 aliphatic heterocycles. The van der Waals surface area contributed by atoms with Crippen LogP contribution in [0.1, 0.15) is 54.7 Å². The third-order valence-corrected chi connectivity index (χ3v) is 5.09. The first-order valence-corrected chi connectivity index (χ1v) is 8.71. The fraction of sp³-hybridized carbons (Fsp3) is 0.471. The summed E-state index contributed by atoms with van der Waals surface area (Å²) < 4.78 is 3.07. The summed E-state index contributed by atoms with van der Waals surface area (Å²) in [4.78, 5) is 30.9. The Morgan fingerprint density at radius 1 is 1.31 bits per heavy atom. The van der Waals surface area contributed by atoms with Gasteiger partial charge in [-0.3, -0.25) is 14.5 Å². The molecule has 0 unspecified atom stereocenters. The van der Waals surface area contributed by atoms with E-state index >= 15 is 0 Å². The van der Waals surface area contributed by atoms with Crippen LogP contribution in [-0.2, 0) is 0 Å². The number of nitrogens with zero attached hydrogens (tertiary/aromatic N) is 5. The van der Waals surface area contributed by atoms with Gasteiger partial charge in [-0.15, -0.1) is 0 Å². The van der Waals surface area contributed by atoms with E-state index in [1.807, 2.05) is 11.6 Å². The molecule has 0 aromatic carbocycles. The van der Waals surface area contributed by atoms with Gasteiger partial charge in [0.2, 0.25) is 5.95 Å². The Morgan fingerprint density at radius 2 is 2.04 bits per heavy atom. The largest absolute Gasteiger partial charge is 0.478 e. The predicted octanol–water partition coefficient (Wildman–Crippen LogP) is 2.06. The highest BCUT2D eigenvalue weighted by Gasteiger charge is 2.25. The van der Waals surface area contributed by atoms with Crippen LogP contribution in [-0.4, -0.2) is 40.6 Å². The Kier molecular flexibility index (Phi) is 3.86. The van der Waals surface area contributed by atoms with Gasteiger partial charge in [-0.2, -0.15) is 10.2 Å². The van der Waals surface area contributed by atoms with Gasteiger partial charge >= 0.3 is 5.97 Å². The van der Waals surface area contributed by atoms with E-state index in [4.69, 9.17) is 5.11 Å². The molecule has 26 heavy (non-hydrogen) atoms. The lowest BCUT2D eigenvalue weighted by Gasteiger charge is -2.26. The Labute approximate surface area is 148 Å². The normalized spacial score (nSPS) is 20.5. The molecule has 3 aromatic heterocycles. The lowest BCUT2D eigenvalue weighted by Crippen LogP contribution is -2.22. The minimum absolute atomic E-state index is 0.0245. The first-order chi connectivity index (χ1) is 12.4. The molecule has 0 saturated heterocycles. The summed E-state index contributed by atoms with van der Waals surface area (Å²) in [5, 5.41) is 17.6. The van der Waals surface area contributed by atoms with Crippen LogP contribution in [0, 0.1) is 12.8 Å². The van der Waals surface area contributed by atoms with Gasteiger partial charge in [0.25, 0.3) is 5.56 Å². The lowest BCUT2D eigenvalue weighted by atomic mass is 9.87. The van der Waals surface area contributed by atoms with Crippen LogP contribution in [0.4, 0.5) is 0 Å². The molecule has 0 spiro atoms. The second-order valence-corrected chi connectivity index (χ2v) is 7.01. The molecule has 3 heterocycles. The fourth-order valence-electron chi connectivity index (χ4n) is 3.59. The van der Waals surface area contributed by atoms with Gasteiger partial charge < -0.3 is 5.11 Å². The molecule has 4 rings (SSSR count). The summed E-state index contributed by atoms with van der Waals surface area (Å²) in [7, 11) is 0. The van der Waals surface area contributed by atoms with Crippen molar-refractivity contribution in [3.05, 3.63) is 34.0 Å². The van der Waals surface area contributed by atoms with Gasteiger partial charge in [-0.25, -0.2) is 14.5 Å². The molecule has 0 amide bonds. The van der Waals surface area contributed by atoms with Crippen LogP contribution >= 0.6 is 0 Å². The monoisotopic (exact) mass is 356 g/mol. The summed E-state index contributed by atoms with van der Waals surface area (Å²) in [6, 6.07) is 0.208. The highest BCUT2D eigenvalue weighted by Crippen LogP contribution is 2.33. The third-order valence-electron chi connectivity index (χ3n) is 5.09. The number of fused-ring (bicyclic) bond motifs is 1. The number of carboxylic acids is 1. The maximum Gasteiger partial charge on any atom is 0.338 e. The minimum Gasteiger partial charge on any atom is -0.478 e. The van der Waals surface area contributed by atoms with Crippen LogP contribution < -0.4 is 5.56 Å². The van der Waals surface area contributed by atoms with Crippen molar-refractivity contribution in [2.45, 2.75) is 45.6 Å². The number of rotatable bonds is 3. The lowest BCUT2D eigenvalue weighted by molar-refractivity contribution is 0.0697. The number of aryl methyl sites for hydroxylation is 1. The summed E-state index contributed by atoms with van der Waals surface area (Å²) in [6.45, 7) is 4.07. The molecule has 0 radical (unpaired) electrons. The molecular weight excluding hydrogens is 336 g/mol. The number of hydrogen-bond acceptors (Lipinski definition) is 5. The van der Waals surface area contributed by atoms with E-state index in [-0.39, 0.29) is 23.1 Å². The van der Waals surface area contributed by atoms with E-state index in [9.17, 15) is 9.59 Å². The van der Waals surface area contributed by atoms with Crippen molar-refractivity contribution in [2.24, 2.45) is 5.92 Å². The van der Waals surface area contributed by atoms with Crippen LogP contribution in [0.25, 0.3) is 17.0 Å². The number of carboxylic acid groups (broad SMARTS) is 1. The van der Waals surface area contributed by atoms with Crippen LogP contribution in [0.5, 0.6) is 0 Å². The molecule has 9 heteroatoms. The molecule has 1 aliphatic carbocycles. The van der Waals surface area contributed by atoms with Crippen molar-refractivity contribution < 1.29 is 9.90 Å². The quantitative estimate of drug-likeness (QED) is 0.741. The number of aromatic amines is 1. The highest BCUT2D eigenvalue weighted by atomic mass is 16.4. The number of nitrogens with one attached hydrogen (secondary N) is 1. The fourth-order valence-corrected chi connectivity index (χ4v) is 3.59. The molecule has 0 bridgehead atoms. The SMILES string of the molecule is Cc1nn(C2CCC(C)CC2)c2c(=O)[nH]c(-n3cc(C(=O)O)cn3)nc12. The van der Waals surface area contributed by atoms with Crippen molar-refractivity contribution in [3.63, 3.8) is 0 Å². The Balaban J connectivity index is 1.79. The van der Waals surface area contributed by atoms with Crippen molar-refractivity contribution in [2.75, 3.05) is 0 Å². The summed E-state index contributed by atoms with van der Waals surface area (Å²) in [6.07, 6.45) is 6.78. The zero-order chi connectivity index (χ0) is 18.4.